The van der Waals surface area contributed by atoms with E-state index in [2.05, 4.69) is 19.5 Å². The zero-order chi connectivity index (χ0) is 26.5. The molecule has 36 heavy (non-hydrogen) atoms. The molecule has 1 aliphatic heterocycles. The Balaban J connectivity index is 1.99. The number of halogens is 3. The van der Waals surface area contributed by atoms with Crippen molar-refractivity contribution in [3.8, 4) is 17.0 Å². The lowest BCUT2D eigenvalue weighted by atomic mass is 10.1. The zero-order valence-corrected chi connectivity index (χ0v) is 20.8. The molecule has 1 saturated heterocycles. The Labute approximate surface area is 208 Å². The minimum absolute atomic E-state index is 0.0733. The van der Waals surface area contributed by atoms with Gasteiger partial charge >= 0.3 is 12.5 Å². The third-order valence-electron chi connectivity index (χ3n) is 5.78. The Kier molecular flexibility index (Phi) is 8.80. The summed E-state index contributed by atoms with van der Waals surface area (Å²) in [6, 6.07) is 5.89. The van der Waals surface area contributed by atoms with Crippen LogP contribution in [0.25, 0.3) is 11.3 Å². The number of carbonyl (C=O) groups is 1. The summed E-state index contributed by atoms with van der Waals surface area (Å²) in [7, 11) is -2.56. The molecule has 1 aliphatic rings. The van der Waals surface area contributed by atoms with Gasteiger partial charge in [-0.3, -0.25) is 9.88 Å². The highest BCUT2D eigenvalue weighted by molar-refractivity contribution is 7.89. The van der Waals surface area contributed by atoms with Crippen LogP contribution in [0.15, 0.2) is 41.4 Å². The molecule has 9 nitrogen and oxygen atoms in total. The summed E-state index contributed by atoms with van der Waals surface area (Å²) < 4.78 is 69.3. The standard InChI is InChI=1S/C23H29F3N4O5S/c1-3-4-9-30(22(31)32)36(33,34)21-8-6-18(35-23(24,25)26)14-19(21)20-7-5-17(15-27-20)16-29-12-10-28(2)11-13-29/h5-8,14-15H,3-4,9-13,16H2,1-2H3,(H,31,32). The van der Waals surface area contributed by atoms with Gasteiger partial charge in [0.15, 0.2) is 0 Å². The van der Waals surface area contributed by atoms with Crippen LogP contribution in [0.3, 0.4) is 0 Å². The van der Waals surface area contributed by atoms with Crippen LogP contribution in [-0.4, -0.2) is 84.8 Å². The van der Waals surface area contributed by atoms with E-state index in [9.17, 15) is 31.5 Å². The second-order valence-electron chi connectivity index (χ2n) is 8.55. The third kappa shape index (κ3) is 7.08. The molecular formula is C23H29F3N4O5S. The maximum Gasteiger partial charge on any atom is 0.573 e. The normalized spacial score (nSPS) is 15.6. The minimum Gasteiger partial charge on any atom is -0.464 e. The fourth-order valence-corrected chi connectivity index (χ4v) is 5.31. The number of sulfonamides is 1. The molecule has 1 aromatic heterocycles. The van der Waals surface area contributed by atoms with Gasteiger partial charge in [-0.05, 0) is 43.3 Å². The van der Waals surface area contributed by atoms with Crippen molar-refractivity contribution < 1.29 is 36.2 Å². The zero-order valence-electron chi connectivity index (χ0n) is 20.0. The lowest BCUT2D eigenvalue weighted by molar-refractivity contribution is -0.274. The SMILES string of the molecule is CCCCN(C(=O)O)S(=O)(=O)c1ccc(OC(F)(F)F)cc1-c1ccc(CN2CCN(C)CC2)cn1. The minimum atomic E-state index is -4.99. The van der Waals surface area contributed by atoms with Crippen LogP contribution >= 0.6 is 0 Å². The van der Waals surface area contributed by atoms with Crippen LogP contribution < -0.4 is 4.74 Å². The van der Waals surface area contributed by atoms with Crippen LogP contribution in [0.1, 0.15) is 25.3 Å². The van der Waals surface area contributed by atoms with Crippen molar-refractivity contribution >= 4 is 16.1 Å². The first kappa shape index (κ1) is 27.7. The van der Waals surface area contributed by atoms with E-state index in [1.807, 2.05) is 7.05 Å². The van der Waals surface area contributed by atoms with Crippen molar-refractivity contribution in [2.24, 2.45) is 0 Å². The first-order valence-corrected chi connectivity index (χ1v) is 12.9. The second-order valence-corrected chi connectivity index (χ2v) is 10.4. The van der Waals surface area contributed by atoms with E-state index < -0.39 is 33.1 Å². The molecule has 0 aliphatic carbocycles. The molecule has 1 amide bonds. The molecule has 0 radical (unpaired) electrons. The summed E-state index contributed by atoms with van der Waals surface area (Å²) in [4.78, 5) is 20.0. The van der Waals surface area contributed by atoms with E-state index in [1.165, 1.54) is 12.3 Å². The molecule has 3 rings (SSSR count). The van der Waals surface area contributed by atoms with Gasteiger partial charge < -0.3 is 14.7 Å². The van der Waals surface area contributed by atoms with Gasteiger partial charge in [0.1, 0.15) is 5.75 Å². The molecule has 1 N–H and O–H groups in total. The van der Waals surface area contributed by atoms with E-state index in [-0.39, 0.29) is 24.2 Å². The molecule has 2 aromatic rings. The number of ether oxygens (including phenoxy) is 1. The summed E-state index contributed by atoms with van der Waals surface area (Å²) in [5, 5.41) is 9.52. The van der Waals surface area contributed by atoms with Crippen molar-refractivity contribution in [2.75, 3.05) is 39.8 Å². The number of nitrogens with zero attached hydrogens (tertiary/aromatic N) is 4. The Hall–Kier alpha value is -2.90. The first-order chi connectivity index (χ1) is 16.9. The summed E-state index contributed by atoms with van der Waals surface area (Å²) in [6.45, 7) is 5.71. The average molecular weight is 531 g/mol. The van der Waals surface area contributed by atoms with Crippen molar-refractivity contribution in [3.05, 3.63) is 42.1 Å². The molecular weight excluding hydrogens is 501 g/mol. The highest BCUT2D eigenvalue weighted by Crippen LogP contribution is 2.34. The number of alkyl halides is 3. The van der Waals surface area contributed by atoms with E-state index in [0.717, 1.165) is 49.9 Å². The fraction of sp³-hybridized carbons (Fsp3) is 0.478. The number of hydrogen-bond donors (Lipinski definition) is 1. The number of benzene rings is 1. The predicted molar refractivity (Wildman–Crippen MR) is 126 cm³/mol. The first-order valence-electron chi connectivity index (χ1n) is 11.4. The number of rotatable bonds is 9. The van der Waals surface area contributed by atoms with Crippen LogP contribution in [0, 0.1) is 0 Å². The van der Waals surface area contributed by atoms with Gasteiger partial charge in [0.2, 0.25) is 0 Å². The highest BCUT2D eigenvalue weighted by atomic mass is 32.2. The Morgan fingerprint density at radius 3 is 2.42 bits per heavy atom. The van der Waals surface area contributed by atoms with Crippen LogP contribution in [0.2, 0.25) is 0 Å². The molecule has 198 valence electrons. The molecule has 0 unspecified atom stereocenters. The maximum absolute atomic E-state index is 13.3. The van der Waals surface area contributed by atoms with Crippen molar-refractivity contribution in [1.82, 2.24) is 19.1 Å². The topological polar surface area (TPSA) is 103 Å². The lowest BCUT2D eigenvalue weighted by Gasteiger charge is -2.32. The number of unbranched alkanes of at least 4 members (excludes halogenated alkanes) is 1. The third-order valence-corrected chi connectivity index (χ3v) is 7.61. The smallest absolute Gasteiger partial charge is 0.464 e. The quantitative estimate of drug-likeness (QED) is 0.521. The number of amides is 1. The van der Waals surface area contributed by atoms with Crippen LogP contribution in [0.5, 0.6) is 5.75 Å². The number of hydrogen-bond acceptors (Lipinski definition) is 7. The number of aromatic nitrogens is 1. The second kappa shape index (κ2) is 11.4. The van der Waals surface area contributed by atoms with Crippen LogP contribution in [0.4, 0.5) is 18.0 Å². The number of carboxylic acid groups (broad SMARTS) is 1. The summed E-state index contributed by atoms with van der Waals surface area (Å²) in [5.41, 5.74) is 0.736. The Bertz CT molecular complexity index is 1150. The van der Waals surface area contributed by atoms with Gasteiger partial charge in [-0.1, -0.05) is 19.4 Å². The lowest BCUT2D eigenvalue weighted by Crippen LogP contribution is -2.43. The van der Waals surface area contributed by atoms with Crippen LogP contribution in [-0.2, 0) is 16.6 Å². The number of likely N-dealkylation sites (N-methyl/N-ethyl adjacent to an activating group) is 1. The molecule has 0 bridgehead atoms. The fourth-order valence-electron chi connectivity index (χ4n) is 3.81. The summed E-state index contributed by atoms with van der Waals surface area (Å²) in [6.07, 6.45) is -4.31. The highest BCUT2D eigenvalue weighted by Gasteiger charge is 2.34. The van der Waals surface area contributed by atoms with Crippen molar-refractivity contribution in [2.45, 2.75) is 37.6 Å². The molecule has 13 heteroatoms. The van der Waals surface area contributed by atoms with Crippen molar-refractivity contribution in [1.29, 1.82) is 0 Å². The van der Waals surface area contributed by atoms with Gasteiger partial charge in [-0.25, -0.2) is 17.5 Å². The maximum atomic E-state index is 13.3. The summed E-state index contributed by atoms with van der Waals surface area (Å²) >= 11 is 0. The molecule has 1 fully saturated rings. The van der Waals surface area contributed by atoms with Gasteiger partial charge in [0.05, 0.1) is 10.6 Å². The monoisotopic (exact) mass is 530 g/mol. The molecule has 2 heterocycles. The van der Waals surface area contributed by atoms with Gasteiger partial charge in [0, 0.05) is 51.0 Å². The molecule has 1 aromatic carbocycles. The predicted octanol–water partition coefficient (Wildman–Crippen LogP) is 3.86. The molecule has 0 saturated carbocycles. The van der Waals surface area contributed by atoms with Crippen molar-refractivity contribution in [3.63, 3.8) is 0 Å². The van der Waals surface area contributed by atoms with Gasteiger partial charge in [0.25, 0.3) is 10.0 Å². The summed E-state index contributed by atoms with van der Waals surface area (Å²) in [5.74, 6) is -0.643. The van der Waals surface area contributed by atoms with Gasteiger partial charge in [-0.15, -0.1) is 13.2 Å². The molecule has 0 atom stereocenters. The Morgan fingerprint density at radius 2 is 1.86 bits per heavy atom. The van der Waals surface area contributed by atoms with E-state index >= 15 is 0 Å². The van der Waals surface area contributed by atoms with E-state index in [4.69, 9.17) is 0 Å². The molecule has 0 spiro atoms. The van der Waals surface area contributed by atoms with E-state index in [0.29, 0.717) is 17.3 Å². The largest absolute Gasteiger partial charge is 0.573 e. The number of piperazine rings is 1. The Morgan fingerprint density at radius 1 is 1.17 bits per heavy atom. The average Bonchev–Trinajstić information content (AvgIpc) is 2.80. The van der Waals surface area contributed by atoms with E-state index in [1.54, 1.807) is 13.0 Å². The number of pyridine rings is 1. The van der Waals surface area contributed by atoms with Gasteiger partial charge in [-0.2, -0.15) is 0 Å².